The molecule has 182 valence electrons. The fraction of sp³-hybridized carbons (Fsp3) is 0.407. The van der Waals surface area contributed by atoms with Gasteiger partial charge >= 0.3 is 11.7 Å². The Morgan fingerprint density at radius 1 is 0.971 bits per heavy atom. The fourth-order valence-corrected chi connectivity index (χ4v) is 5.79. The Labute approximate surface area is 204 Å². The number of hydrogen-bond acceptors (Lipinski definition) is 4. The lowest BCUT2D eigenvalue weighted by Gasteiger charge is -2.36. The normalized spacial score (nSPS) is 25.7. The molecule has 0 bridgehead atoms. The molecule has 8 nitrogen and oxygen atoms in total. The average Bonchev–Trinajstić information content (AvgIpc) is 3.65. The highest BCUT2D eigenvalue weighted by Crippen LogP contribution is 2.52. The molecular formula is C27H31N5O3. The van der Waals surface area contributed by atoms with Crippen molar-refractivity contribution in [2.75, 3.05) is 19.6 Å². The van der Waals surface area contributed by atoms with E-state index in [1.54, 1.807) is 9.47 Å². The largest absolute Gasteiger partial charge is 0.493 e. The molecule has 1 aromatic heterocycles. The first-order valence-corrected chi connectivity index (χ1v) is 12.5. The maximum atomic E-state index is 13.3. The number of aromatic nitrogens is 2. The lowest BCUT2D eigenvalue weighted by molar-refractivity contribution is 0.173. The van der Waals surface area contributed by atoms with E-state index in [1.165, 1.54) is 15.7 Å². The van der Waals surface area contributed by atoms with Gasteiger partial charge in [0.25, 0.3) is 0 Å². The number of benzene rings is 2. The number of urea groups is 1. The molecule has 2 fully saturated rings. The smallest absolute Gasteiger partial charge is 0.331 e. The number of amides is 2. The van der Waals surface area contributed by atoms with E-state index >= 15 is 0 Å². The molecule has 3 aliphatic rings. The number of carbonyl (C=O) groups excluding carboxylic acids is 1. The molecule has 2 amide bonds. The first-order chi connectivity index (χ1) is 17.1. The molecule has 0 spiro atoms. The molecule has 4 atom stereocenters. The quantitative estimate of drug-likeness (QED) is 0.544. The summed E-state index contributed by atoms with van der Waals surface area (Å²) in [6.45, 7) is 2.74. The Balaban J connectivity index is 1.17. The summed E-state index contributed by atoms with van der Waals surface area (Å²) in [7, 11) is 0. The minimum Gasteiger partial charge on any atom is -0.493 e. The van der Waals surface area contributed by atoms with Gasteiger partial charge in [-0.2, -0.15) is 0 Å². The highest BCUT2D eigenvalue weighted by atomic mass is 16.3. The zero-order valence-corrected chi connectivity index (χ0v) is 19.6. The number of piperidine rings is 1. The van der Waals surface area contributed by atoms with Crippen molar-refractivity contribution in [2.45, 2.75) is 49.9 Å². The van der Waals surface area contributed by atoms with Gasteiger partial charge in [0.1, 0.15) is 5.69 Å². The zero-order chi connectivity index (χ0) is 23.9. The van der Waals surface area contributed by atoms with Crippen LogP contribution < -0.4 is 16.3 Å². The number of hydrogen-bond donors (Lipinski definition) is 3. The van der Waals surface area contributed by atoms with Crippen molar-refractivity contribution in [1.82, 2.24) is 24.7 Å². The Kier molecular flexibility index (Phi) is 5.60. The van der Waals surface area contributed by atoms with Crippen LogP contribution in [-0.2, 0) is 13.1 Å². The number of nitrogens with zero attached hydrogens (tertiary/aromatic N) is 3. The number of imidazole rings is 1. The molecule has 0 radical (unpaired) electrons. The van der Waals surface area contributed by atoms with Crippen LogP contribution in [0, 0.1) is 0 Å². The second-order valence-electron chi connectivity index (χ2n) is 9.88. The molecule has 2 unspecified atom stereocenters. The predicted octanol–water partition coefficient (Wildman–Crippen LogP) is 2.75. The van der Waals surface area contributed by atoms with Crippen molar-refractivity contribution in [2.24, 2.45) is 0 Å². The van der Waals surface area contributed by atoms with Crippen molar-refractivity contribution < 1.29 is 9.90 Å². The maximum absolute atomic E-state index is 13.3. The van der Waals surface area contributed by atoms with Gasteiger partial charge in [0.15, 0.2) is 0 Å². The molecule has 35 heavy (non-hydrogen) atoms. The van der Waals surface area contributed by atoms with Gasteiger partial charge in [-0.1, -0.05) is 60.7 Å². The summed E-state index contributed by atoms with van der Waals surface area (Å²) in [5.74, 6) is 0.439. The van der Waals surface area contributed by atoms with E-state index in [9.17, 15) is 14.7 Å². The fourth-order valence-electron chi connectivity index (χ4n) is 5.79. The van der Waals surface area contributed by atoms with Crippen LogP contribution >= 0.6 is 0 Å². The molecular weight excluding hydrogens is 442 g/mol. The van der Waals surface area contributed by atoms with Crippen LogP contribution in [0.15, 0.2) is 65.5 Å². The third-order valence-electron chi connectivity index (χ3n) is 7.81. The maximum Gasteiger partial charge on any atom is 0.331 e. The third-order valence-corrected chi connectivity index (χ3v) is 7.81. The molecule has 3 heterocycles. The summed E-state index contributed by atoms with van der Waals surface area (Å²) in [6.07, 6.45) is 1.69. The van der Waals surface area contributed by atoms with Crippen LogP contribution in [0.2, 0.25) is 0 Å². The zero-order valence-electron chi connectivity index (χ0n) is 19.6. The SMILES string of the molecule is O=C(NC1CCNCC1c1ccccc1)N1CCn2c(c(O)n([C@H]3C[C@@H]3c3ccccc3)c2=O)C1. The van der Waals surface area contributed by atoms with Gasteiger partial charge in [-0.3, -0.25) is 9.13 Å². The van der Waals surface area contributed by atoms with Crippen LogP contribution in [-0.4, -0.2) is 50.8 Å². The van der Waals surface area contributed by atoms with E-state index in [2.05, 4.69) is 34.9 Å². The first-order valence-electron chi connectivity index (χ1n) is 12.5. The molecule has 1 saturated heterocycles. The minimum absolute atomic E-state index is 0.0000374. The van der Waals surface area contributed by atoms with Crippen LogP contribution in [0.4, 0.5) is 4.79 Å². The molecule has 1 aliphatic carbocycles. The van der Waals surface area contributed by atoms with Crippen molar-refractivity contribution >= 4 is 6.03 Å². The lowest BCUT2D eigenvalue weighted by Crippen LogP contribution is -2.53. The number of nitrogens with one attached hydrogen (secondary N) is 2. The Hall–Kier alpha value is -3.52. The molecule has 3 N–H and O–H groups in total. The van der Waals surface area contributed by atoms with Crippen LogP contribution in [0.5, 0.6) is 5.88 Å². The second kappa shape index (κ2) is 8.92. The molecule has 1 saturated carbocycles. The summed E-state index contributed by atoms with van der Waals surface area (Å²) in [4.78, 5) is 28.1. The van der Waals surface area contributed by atoms with E-state index in [4.69, 9.17) is 0 Å². The van der Waals surface area contributed by atoms with Crippen LogP contribution in [0.25, 0.3) is 0 Å². The molecule has 6 rings (SSSR count). The monoisotopic (exact) mass is 473 g/mol. The predicted molar refractivity (Wildman–Crippen MR) is 133 cm³/mol. The van der Waals surface area contributed by atoms with Crippen LogP contribution in [0.1, 0.15) is 47.5 Å². The van der Waals surface area contributed by atoms with Gasteiger partial charge in [-0.25, -0.2) is 9.59 Å². The standard InChI is InChI=1S/C27H31N5O3/c33-25-24-17-30(26(34)29-22-11-12-28-16-21(22)19-9-5-2-6-10-19)13-14-31(24)27(35)32(25)23-15-20(23)18-7-3-1-4-8-18/h1-10,20-23,28,33H,11-17H2,(H,29,34)/t20-,21?,22?,23+/m1/s1. The summed E-state index contributed by atoms with van der Waals surface area (Å²) in [6, 6.07) is 20.3. The number of fused-ring (bicyclic) bond motifs is 1. The highest BCUT2D eigenvalue weighted by molar-refractivity contribution is 5.75. The van der Waals surface area contributed by atoms with E-state index in [0.717, 1.165) is 25.9 Å². The van der Waals surface area contributed by atoms with E-state index in [-0.39, 0.29) is 48.1 Å². The summed E-state index contributed by atoms with van der Waals surface area (Å²) in [5, 5.41) is 17.7. The summed E-state index contributed by atoms with van der Waals surface area (Å²) < 4.78 is 3.17. The Morgan fingerprint density at radius 3 is 2.37 bits per heavy atom. The van der Waals surface area contributed by atoms with Gasteiger partial charge in [-0.15, -0.1) is 0 Å². The first kappa shape index (κ1) is 22.0. The topological polar surface area (TPSA) is 91.5 Å². The van der Waals surface area contributed by atoms with Crippen LogP contribution in [0.3, 0.4) is 0 Å². The highest BCUT2D eigenvalue weighted by Gasteiger charge is 2.44. The van der Waals surface area contributed by atoms with Gasteiger partial charge in [0.2, 0.25) is 5.88 Å². The third kappa shape index (κ3) is 4.01. The Morgan fingerprint density at radius 2 is 1.66 bits per heavy atom. The number of aromatic hydroxyl groups is 1. The molecule has 3 aromatic rings. The lowest BCUT2D eigenvalue weighted by atomic mass is 9.87. The van der Waals surface area contributed by atoms with Gasteiger partial charge in [0, 0.05) is 43.6 Å². The molecule has 8 heteroatoms. The van der Waals surface area contributed by atoms with Crippen molar-refractivity contribution in [3.05, 3.63) is 88.0 Å². The molecule has 2 aliphatic heterocycles. The number of carbonyl (C=O) groups is 1. The minimum atomic E-state index is -0.177. The van der Waals surface area contributed by atoms with E-state index < -0.39 is 0 Å². The average molecular weight is 474 g/mol. The van der Waals surface area contributed by atoms with Gasteiger partial charge in [0.05, 0.1) is 6.54 Å². The van der Waals surface area contributed by atoms with E-state index in [0.29, 0.717) is 18.8 Å². The second-order valence-corrected chi connectivity index (χ2v) is 9.88. The van der Waals surface area contributed by atoms with Crippen molar-refractivity contribution in [1.29, 1.82) is 0 Å². The Bertz CT molecular complexity index is 1270. The summed E-state index contributed by atoms with van der Waals surface area (Å²) in [5.41, 5.74) is 2.75. The van der Waals surface area contributed by atoms with E-state index in [1.807, 2.05) is 36.4 Å². The van der Waals surface area contributed by atoms with Gasteiger partial charge < -0.3 is 20.6 Å². The summed E-state index contributed by atoms with van der Waals surface area (Å²) >= 11 is 0. The number of rotatable bonds is 4. The molecule has 2 aromatic carbocycles. The van der Waals surface area contributed by atoms with Crippen molar-refractivity contribution in [3.63, 3.8) is 0 Å². The van der Waals surface area contributed by atoms with Crippen molar-refractivity contribution in [3.8, 4) is 5.88 Å². The van der Waals surface area contributed by atoms with Gasteiger partial charge in [-0.05, 0) is 30.5 Å².